The molecule has 0 unspecified atom stereocenters. The summed E-state index contributed by atoms with van der Waals surface area (Å²) in [6.07, 6.45) is 9.21. The molecule has 23 heavy (non-hydrogen) atoms. The number of hydrogen-bond donors (Lipinski definition) is 1. The van der Waals surface area contributed by atoms with Crippen molar-refractivity contribution in [2.75, 3.05) is 0 Å². The molecule has 0 bridgehead atoms. The largest absolute Gasteiger partial charge is 0.306 e. The maximum Gasteiger partial charge on any atom is 0.0648 e. The van der Waals surface area contributed by atoms with Gasteiger partial charge in [-0.25, -0.2) is 4.68 Å². The van der Waals surface area contributed by atoms with E-state index in [2.05, 4.69) is 50.4 Å². The van der Waals surface area contributed by atoms with E-state index >= 15 is 0 Å². The molecule has 3 aromatic rings. The molecule has 1 aliphatic rings. The zero-order chi connectivity index (χ0) is 15.5. The number of aromatic nitrogens is 3. The average molecular weight is 304 g/mol. The lowest BCUT2D eigenvalue weighted by Crippen LogP contribution is -2.25. The Morgan fingerprint density at radius 1 is 1.09 bits per heavy atom. The van der Waals surface area contributed by atoms with Gasteiger partial charge in [0, 0.05) is 36.2 Å². The van der Waals surface area contributed by atoms with Gasteiger partial charge in [0.2, 0.25) is 0 Å². The number of rotatable bonds is 4. The molecule has 0 saturated carbocycles. The zero-order valence-electron chi connectivity index (χ0n) is 13.0. The fourth-order valence-corrected chi connectivity index (χ4v) is 3.30. The Balaban J connectivity index is 1.56. The highest BCUT2D eigenvalue weighted by molar-refractivity contribution is 5.37. The van der Waals surface area contributed by atoms with E-state index in [0.717, 1.165) is 25.1 Å². The minimum absolute atomic E-state index is 0.372. The highest BCUT2D eigenvalue weighted by atomic mass is 15.3. The Bertz CT molecular complexity index is 765. The number of para-hydroxylation sites is 1. The molecule has 1 aromatic carbocycles. The molecule has 2 heterocycles. The van der Waals surface area contributed by atoms with E-state index in [4.69, 9.17) is 0 Å². The van der Waals surface area contributed by atoms with Gasteiger partial charge >= 0.3 is 0 Å². The van der Waals surface area contributed by atoms with E-state index in [-0.39, 0.29) is 0 Å². The fourth-order valence-electron chi connectivity index (χ4n) is 3.30. The van der Waals surface area contributed by atoms with E-state index in [0.29, 0.717) is 6.04 Å². The molecular formula is C19H20N4. The summed E-state index contributed by atoms with van der Waals surface area (Å²) in [5.41, 5.74) is 5.03. The van der Waals surface area contributed by atoms with Crippen LogP contribution in [0.25, 0.3) is 5.69 Å². The predicted molar refractivity (Wildman–Crippen MR) is 90.3 cm³/mol. The van der Waals surface area contributed by atoms with Crippen LogP contribution in [0.15, 0.2) is 61.1 Å². The topological polar surface area (TPSA) is 42.7 Å². The number of pyridine rings is 1. The molecule has 1 N–H and O–H groups in total. The van der Waals surface area contributed by atoms with Gasteiger partial charge < -0.3 is 5.32 Å². The van der Waals surface area contributed by atoms with Crippen LogP contribution in [-0.4, -0.2) is 14.8 Å². The number of hydrogen-bond acceptors (Lipinski definition) is 3. The maximum absolute atomic E-state index is 4.64. The zero-order valence-corrected chi connectivity index (χ0v) is 13.0. The predicted octanol–water partition coefficient (Wildman–Crippen LogP) is 3.43. The lowest BCUT2D eigenvalue weighted by Gasteiger charge is -2.24. The van der Waals surface area contributed by atoms with Gasteiger partial charge in [0.05, 0.1) is 11.9 Å². The molecule has 0 saturated heterocycles. The van der Waals surface area contributed by atoms with Gasteiger partial charge in [-0.05, 0) is 43.0 Å². The molecular weight excluding hydrogens is 284 g/mol. The Kier molecular flexibility index (Phi) is 3.90. The molecule has 0 aliphatic heterocycles. The van der Waals surface area contributed by atoms with Crippen LogP contribution in [-0.2, 0) is 13.0 Å². The first kappa shape index (κ1) is 14.2. The second kappa shape index (κ2) is 6.34. The summed E-state index contributed by atoms with van der Waals surface area (Å²) >= 11 is 0. The normalized spacial score (nSPS) is 17.0. The lowest BCUT2D eigenvalue weighted by atomic mass is 9.92. The third-order valence-corrected chi connectivity index (χ3v) is 4.46. The summed E-state index contributed by atoms with van der Waals surface area (Å²) in [4.78, 5) is 4.18. The van der Waals surface area contributed by atoms with Gasteiger partial charge in [0.15, 0.2) is 0 Å². The van der Waals surface area contributed by atoms with Crippen LogP contribution < -0.4 is 5.32 Å². The Labute approximate surface area is 136 Å². The molecule has 1 aliphatic carbocycles. The van der Waals surface area contributed by atoms with Crippen LogP contribution in [0.4, 0.5) is 0 Å². The molecule has 0 spiro atoms. The van der Waals surface area contributed by atoms with Crippen LogP contribution in [0.2, 0.25) is 0 Å². The standard InChI is InChI=1S/C19H20N4/c1-2-7-16(8-3-1)23-19-10-4-9-18(17(19)14-22-23)21-13-15-6-5-11-20-12-15/h1-3,5-8,11-12,14,18,21H,4,9-10,13H2/t18-/m0/s1. The highest BCUT2D eigenvalue weighted by Gasteiger charge is 2.24. The van der Waals surface area contributed by atoms with E-state index in [9.17, 15) is 0 Å². The second-order valence-electron chi connectivity index (χ2n) is 5.98. The van der Waals surface area contributed by atoms with Crippen LogP contribution in [0.3, 0.4) is 0 Å². The first-order valence-electron chi connectivity index (χ1n) is 8.16. The fraction of sp³-hybridized carbons (Fsp3) is 0.263. The van der Waals surface area contributed by atoms with Crippen molar-refractivity contribution >= 4 is 0 Å². The number of nitrogens with zero attached hydrogens (tertiary/aromatic N) is 3. The van der Waals surface area contributed by atoms with Crippen molar-refractivity contribution in [3.63, 3.8) is 0 Å². The molecule has 116 valence electrons. The van der Waals surface area contributed by atoms with Crippen molar-refractivity contribution in [3.8, 4) is 5.69 Å². The van der Waals surface area contributed by atoms with E-state index in [1.165, 1.54) is 23.2 Å². The Hall–Kier alpha value is -2.46. The van der Waals surface area contributed by atoms with E-state index in [1.807, 2.05) is 30.7 Å². The van der Waals surface area contributed by atoms with Crippen LogP contribution in [0.1, 0.15) is 35.7 Å². The third kappa shape index (κ3) is 2.90. The lowest BCUT2D eigenvalue weighted by molar-refractivity contribution is 0.454. The molecule has 2 aromatic heterocycles. The first-order valence-corrected chi connectivity index (χ1v) is 8.16. The highest BCUT2D eigenvalue weighted by Crippen LogP contribution is 2.31. The summed E-state index contributed by atoms with van der Waals surface area (Å²) in [6.45, 7) is 0.842. The first-order chi connectivity index (χ1) is 11.4. The van der Waals surface area contributed by atoms with Gasteiger partial charge in [-0.1, -0.05) is 24.3 Å². The van der Waals surface area contributed by atoms with Crippen molar-refractivity contribution in [3.05, 3.63) is 77.9 Å². The van der Waals surface area contributed by atoms with Gasteiger partial charge in [-0.2, -0.15) is 5.10 Å². The summed E-state index contributed by atoms with van der Waals surface area (Å²) in [5.74, 6) is 0. The number of fused-ring (bicyclic) bond motifs is 1. The summed E-state index contributed by atoms with van der Waals surface area (Å²) in [5, 5.41) is 8.30. The minimum atomic E-state index is 0.372. The van der Waals surface area contributed by atoms with Crippen LogP contribution in [0.5, 0.6) is 0 Å². The van der Waals surface area contributed by atoms with E-state index in [1.54, 1.807) is 0 Å². The van der Waals surface area contributed by atoms with Crippen molar-refractivity contribution in [2.24, 2.45) is 0 Å². The van der Waals surface area contributed by atoms with Gasteiger partial charge in [0.25, 0.3) is 0 Å². The molecule has 4 heteroatoms. The second-order valence-corrected chi connectivity index (χ2v) is 5.98. The van der Waals surface area contributed by atoms with Gasteiger partial charge in [-0.15, -0.1) is 0 Å². The molecule has 0 amide bonds. The van der Waals surface area contributed by atoms with Crippen molar-refractivity contribution < 1.29 is 0 Å². The molecule has 4 rings (SSSR count). The summed E-state index contributed by atoms with van der Waals surface area (Å²) in [7, 11) is 0. The number of nitrogens with one attached hydrogen (secondary N) is 1. The van der Waals surface area contributed by atoms with Gasteiger partial charge in [-0.3, -0.25) is 4.98 Å². The summed E-state index contributed by atoms with van der Waals surface area (Å²) in [6, 6.07) is 14.8. The Morgan fingerprint density at radius 3 is 2.83 bits per heavy atom. The average Bonchev–Trinajstić information content (AvgIpc) is 3.06. The van der Waals surface area contributed by atoms with Crippen molar-refractivity contribution in [1.29, 1.82) is 0 Å². The van der Waals surface area contributed by atoms with E-state index < -0.39 is 0 Å². The molecule has 0 radical (unpaired) electrons. The quantitative estimate of drug-likeness (QED) is 0.803. The van der Waals surface area contributed by atoms with Crippen molar-refractivity contribution in [2.45, 2.75) is 31.8 Å². The molecule has 4 nitrogen and oxygen atoms in total. The van der Waals surface area contributed by atoms with Crippen LogP contribution in [0, 0.1) is 0 Å². The van der Waals surface area contributed by atoms with Crippen molar-refractivity contribution in [1.82, 2.24) is 20.1 Å². The Morgan fingerprint density at radius 2 is 2.00 bits per heavy atom. The maximum atomic E-state index is 4.64. The monoisotopic (exact) mass is 304 g/mol. The smallest absolute Gasteiger partial charge is 0.0648 e. The SMILES string of the molecule is c1ccc(-n2ncc3c2CCC[C@@H]3NCc2cccnc2)cc1. The van der Waals surface area contributed by atoms with Gasteiger partial charge in [0.1, 0.15) is 0 Å². The molecule has 0 fully saturated rings. The molecule has 1 atom stereocenters. The minimum Gasteiger partial charge on any atom is -0.306 e. The van der Waals surface area contributed by atoms with Crippen LogP contribution >= 0.6 is 0 Å². The number of benzene rings is 1. The third-order valence-electron chi connectivity index (χ3n) is 4.46. The summed E-state index contributed by atoms with van der Waals surface area (Å²) < 4.78 is 2.09.